The SMILES string of the molecule is CCSc1nc2n(n1)[C@H](c1sccc1C)[C@H]1C(=O)CCC=C1N2. The lowest BCUT2D eigenvalue weighted by atomic mass is 9.82. The van der Waals surface area contributed by atoms with E-state index in [1.165, 1.54) is 10.4 Å². The van der Waals surface area contributed by atoms with Crippen LogP contribution < -0.4 is 5.32 Å². The first-order valence-electron chi connectivity index (χ1n) is 7.82. The molecule has 7 heteroatoms. The lowest BCUT2D eigenvalue weighted by molar-refractivity contribution is -0.123. The molecule has 120 valence electrons. The van der Waals surface area contributed by atoms with Crippen molar-refractivity contribution in [3.05, 3.63) is 33.7 Å². The molecule has 2 aromatic heterocycles. The van der Waals surface area contributed by atoms with Crippen LogP contribution in [-0.2, 0) is 4.79 Å². The van der Waals surface area contributed by atoms with E-state index in [4.69, 9.17) is 0 Å². The average Bonchev–Trinajstić information content (AvgIpc) is 3.11. The van der Waals surface area contributed by atoms with Gasteiger partial charge in [0.25, 0.3) is 0 Å². The topological polar surface area (TPSA) is 59.8 Å². The Labute approximate surface area is 143 Å². The predicted molar refractivity (Wildman–Crippen MR) is 93.1 cm³/mol. The summed E-state index contributed by atoms with van der Waals surface area (Å²) in [4.78, 5) is 18.5. The fraction of sp³-hybridized carbons (Fsp3) is 0.438. The standard InChI is InChI=1S/C16H18N4OS2/c1-3-22-16-18-15-17-10-5-4-6-11(21)12(10)13(20(15)19-16)14-9(2)7-8-23-14/h5,7-8,12-13H,3-4,6H2,1-2H3,(H,17,18,19)/t12-,13+/m1/s1. The second-order valence-electron chi connectivity index (χ2n) is 5.78. The van der Waals surface area contributed by atoms with Crippen molar-refractivity contribution in [2.24, 2.45) is 5.92 Å². The molecular formula is C16H18N4OS2. The quantitative estimate of drug-likeness (QED) is 0.860. The van der Waals surface area contributed by atoms with Crippen molar-refractivity contribution in [1.82, 2.24) is 14.8 Å². The van der Waals surface area contributed by atoms with Gasteiger partial charge in [-0.15, -0.1) is 16.4 Å². The molecule has 0 saturated heterocycles. The predicted octanol–water partition coefficient (Wildman–Crippen LogP) is 3.64. The highest BCUT2D eigenvalue weighted by atomic mass is 32.2. The van der Waals surface area contributed by atoms with Gasteiger partial charge < -0.3 is 5.32 Å². The minimum atomic E-state index is -0.172. The zero-order chi connectivity index (χ0) is 16.0. The fourth-order valence-corrected chi connectivity index (χ4v) is 4.90. The fourth-order valence-electron chi connectivity index (χ4n) is 3.29. The monoisotopic (exact) mass is 346 g/mol. The average molecular weight is 346 g/mol. The van der Waals surface area contributed by atoms with E-state index in [1.54, 1.807) is 23.1 Å². The van der Waals surface area contributed by atoms with Gasteiger partial charge in [-0.25, -0.2) is 4.68 Å². The van der Waals surface area contributed by atoms with Crippen LogP contribution in [0.5, 0.6) is 0 Å². The zero-order valence-corrected chi connectivity index (χ0v) is 14.7. The number of ketones is 1. The van der Waals surface area contributed by atoms with Crippen LogP contribution in [0.25, 0.3) is 0 Å². The summed E-state index contributed by atoms with van der Waals surface area (Å²) in [6.07, 6.45) is 3.56. The van der Waals surface area contributed by atoms with Gasteiger partial charge in [0.1, 0.15) is 11.8 Å². The Bertz CT molecular complexity index is 792. The number of thiophene rings is 1. The van der Waals surface area contributed by atoms with E-state index in [-0.39, 0.29) is 12.0 Å². The van der Waals surface area contributed by atoms with Crippen LogP contribution in [0.1, 0.15) is 36.2 Å². The van der Waals surface area contributed by atoms with Gasteiger partial charge in [0.05, 0.1) is 5.92 Å². The molecule has 1 aliphatic carbocycles. The second-order valence-corrected chi connectivity index (χ2v) is 7.95. The molecule has 3 heterocycles. The van der Waals surface area contributed by atoms with Gasteiger partial charge in [-0.2, -0.15) is 4.98 Å². The Morgan fingerprint density at radius 2 is 2.39 bits per heavy atom. The Morgan fingerprint density at radius 1 is 1.52 bits per heavy atom. The molecule has 0 spiro atoms. The molecule has 2 atom stereocenters. The highest BCUT2D eigenvalue weighted by Gasteiger charge is 2.42. The van der Waals surface area contributed by atoms with E-state index in [0.717, 1.165) is 29.0 Å². The number of Topliss-reactive ketones (excluding diaryl/α,β-unsaturated/α-hetero) is 1. The molecule has 1 aliphatic heterocycles. The van der Waals surface area contributed by atoms with Crippen molar-refractivity contribution in [1.29, 1.82) is 0 Å². The Balaban J connectivity index is 1.88. The van der Waals surface area contributed by atoms with Crippen LogP contribution in [0, 0.1) is 12.8 Å². The highest BCUT2D eigenvalue weighted by molar-refractivity contribution is 7.99. The zero-order valence-electron chi connectivity index (χ0n) is 13.1. The lowest BCUT2D eigenvalue weighted by Gasteiger charge is -2.35. The van der Waals surface area contributed by atoms with Crippen molar-refractivity contribution < 1.29 is 4.79 Å². The number of nitrogens with one attached hydrogen (secondary N) is 1. The smallest absolute Gasteiger partial charge is 0.227 e. The second kappa shape index (κ2) is 5.79. The molecule has 1 N–H and O–H groups in total. The van der Waals surface area contributed by atoms with Gasteiger partial charge in [-0.05, 0) is 36.1 Å². The molecule has 23 heavy (non-hydrogen) atoms. The number of hydrogen-bond acceptors (Lipinski definition) is 6. The van der Waals surface area contributed by atoms with Crippen molar-refractivity contribution in [2.45, 2.75) is 37.9 Å². The van der Waals surface area contributed by atoms with Crippen LogP contribution in [0.4, 0.5) is 5.95 Å². The molecule has 0 fully saturated rings. The number of fused-ring (bicyclic) bond motifs is 2. The molecule has 2 aromatic rings. The maximum atomic E-state index is 12.6. The normalized spacial score (nSPS) is 23.0. The number of hydrogen-bond donors (Lipinski definition) is 1. The summed E-state index contributed by atoms with van der Waals surface area (Å²) in [7, 11) is 0. The molecule has 4 rings (SSSR count). The van der Waals surface area contributed by atoms with Gasteiger partial charge in [-0.3, -0.25) is 4.79 Å². The maximum Gasteiger partial charge on any atom is 0.227 e. The number of nitrogens with zero attached hydrogens (tertiary/aromatic N) is 3. The van der Waals surface area contributed by atoms with E-state index in [1.807, 2.05) is 4.68 Å². The van der Waals surface area contributed by atoms with E-state index in [9.17, 15) is 4.79 Å². The van der Waals surface area contributed by atoms with Gasteiger partial charge in [0.15, 0.2) is 0 Å². The van der Waals surface area contributed by atoms with Crippen LogP contribution >= 0.6 is 23.1 Å². The molecule has 0 bridgehead atoms. The molecule has 0 saturated carbocycles. The third-order valence-electron chi connectivity index (χ3n) is 4.33. The van der Waals surface area contributed by atoms with Gasteiger partial charge >= 0.3 is 0 Å². The van der Waals surface area contributed by atoms with E-state index in [2.05, 4.69) is 46.8 Å². The summed E-state index contributed by atoms with van der Waals surface area (Å²) in [6, 6.07) is 2.03. The number of aryl methyl sites for hydroxylation is 1. The summed E-state index contributed by atoms with van der Waals surface area (Å²) < 4.78 is 1.92. The first-order chi connectivity index (χ1) is 11.2. The number of rotatable bonds is 3. The number of carbonyl (C=O) groups excluding carboxylic acids is 1. The molecular weight excluding hydrogens is 328 g/mol. The Kier molecular flexibility index (Phi) is 3.77. The maximum absolute atomic E-state index is 12.6. The van der Waals surface area contributed by atoms with Crippen LogP contribution in [0.2, 0.25) is 0 Å². The van der Waals surface area contributed by atoms with Crippen molar-refractivity contribution in [3.63, 3.8) is 0 Å². The van der Waals surface area contributed by atoms with E-state index < -0.39 is 0 Å². The number of aromatic nitrogens is 3. The summed E-state index contributed by atoms with van der Waals surface area (Å²) in [5.74, 6) is 1.79. The summed E-state index contributed by atoms with van der Waals surface area (Å²) >= 11 is 3.32. The molecule has 0 radical (unpaired) electrons. The third kappa shape index (κ3) is 2.42. The van der Waals surface area contributed by atoms with Gasteiger partial charge in [0.2, 0.25) is 11.1 Å². The third-order valence-corrected chi connectivity index (χ3v) is 6.14. The van der Waals surface area contributed by atoms with Crippen molar-refractivity contribution in [2.75, 3.05) is 11.1 Å². The van der Waals surface area contributed by atoms with E-state index in [0.29, 0.717) is 12.2 Å². The first kappa shape index (κ1) is 15.0. The summed E-state index contributed by atoms with van der Waals surface area (Å²) in [5.41, 5.74) is 2.21. The molecule has 0 aromatic carbocycles. The number of carbonyl (C=O) groups is 1. The molecule has 5 nitrogen and oxygen atoms in total. The number of allylic oxidation sites excluding steroid dienone is 2. The van der Waals surface area contributed by atoms with E-state index >= 15 is 0 Å². The summed E-state index contributed by atoms with van der Waals surface area (Å²) in [5, 5.41) is 10.9. The highest BCUT2D eigenvalue weighted by Crippen LogP contribution is 2.44. The Morgan fingerprint density at radius 3 is 3.13 bits per heavy atom. The Hall–Kier alpha value is -1.60. The molecule has 0 amide bonds. The largest absolute Gasteiger partial charge is 0.328 e. The van der Waals surface area contributed by atoms with Crippen LogP contribution in [-0.4, -0.2) is 26.3 Å². The van der Waals surface area contributed by atoms with Crippen molar-refractivity contribution in [3.8, 4) is 0 Å². The lowest BCUT2D eigenvalue weighted by Crippen LogP contribution is -2.38. The minimum Gasteiger partial charge on any atom is -0.328 e. The summed E-state index contributed by atoms with van der Waals surface area (Å²) in [6.45, 7) is 4.19. The minimum absolute atomic E-state index is 0.0796. The van der Waals surface area contributed by atoms with Gasteiger partial charge in [0, 0.05) is 17.0 Å². The number of anilines is 1. The number of thioether (sulfide) groups is 1. The van der Waals surface area contributed by atoms with Crippen LogP contribution in [0.15, 0.2) is 28.4 Å². The molecule has 2 aliphatic rings. The van der Waals surface area contributed by atoms with Gasteiger partial charge in [-0.1, -0.05) is 24.8 Å². The molecule has 0 unspecified atom stereocenters. The first-order valence-corrected chi connectivity index (χ1v) is 9.68. The van der Waals surface area contributed by atoms with Crippen LogP contribution in [0.3, 0.4) is 0 Å². The van der Waals surface area contributed by atoms with Crippen molar-refractivity contribution >= 4 is 34.8 Å².